The Morgan fingerprint density at radius 3 is 2.67 bits per heavy atom. The van der Waals surface area contributed by atoms with Crippen LogP contribution >= 0.6 is 0 Å². The van der Waals surface area contributed by atoms with Crippen molar-refractivity contribution in [2.45, 2.75) is 13.0 Å². The maximum atomic E-state index is 11.8. The van der Waals surface area contributed by atoms with Crippen LogP contribution in [0.2, 0.25) is 0 Å². The van der Waals surface area contributed by atoms with Crippen molar-refractivity contribution in [2.75, 3.05) is 7.11 Å². The van der Waals surface area contributed by atoms with Crippen molar-refractivity contribution in [3.05, 3.63) is 47.8 Å². The summed E-state index contributed by atoms with van der Waals surface area (Å²) >= 11 is 0. The van der Waals surface area contributed by atoms with E-state index in [0.717, 1.165) is 11.3 Å². The van der Waals surface area contributed by atoms with E-state index in [9.17, 15) is 4.79 Å². The van der Waals surface area contributed by atoms with Crippen LogP contribution < -0.4 is 10.1 Å². The van der Waals surface area contributed by atoms with Gasteiger partial charge in [0.15, 0.2) is 0 Å². The highest BCUT2D eigenvalue weighted by Gasteiger charge is 2.11. The molecule has 1 heterocycles. The lowest BCUT2D eigenvalue weighted by atomic mass is 10.1. The van der Waals surface area contributed by atoms with Crippen LogP contribution in [0.4, 0.5) is 0 Å². The molecule has 0 saturated carbocycles. The number of methoxy groups -OCH3 is 1. The predicted octanol–water partition coefficient (Wildman–Crippen LogP) is 1.91. The summed E-state index contributed by atoms with van der Waals surface area (Å²) < 4.78 is 5.09. The molecule has 5 heteroatoms. The number of nitrogens with one attached hydrogen (secondary N) is 2. The SMILES string of the molecule is COc1ccc(C(C)NC(=O)c2cn[nH]c2)cc1. The molecule has 1 amide bonds. The number of aromatic amines is 1. The molecule has 0 aliphatic rings. The van der Waals surface area contributed by atoms with E-state index in [-0.39, 0.29) is 11.9 Å². The Morgan fingerprint density at radius 1 is 1.39 bits per heavy atom. The Labute approximate surface area is 105 Å². The van der Waals surface area contributed by atoms with E-state index in [1.54, 1.807) is 13.3 Å². The van der Waals surface area contributed by atoms with Gasteiger partial charge in [0, 0.05) is 6.20 Å². The van der Waals surface area contributed by atoms with Crippen LogP contribution in [0.15, 0.2) is 36.7 Å². The monoisotopic (exact) mass is 245 g/mol. The van der Waals surface area contributed by atoms with E-state index in [1.165, 1.54) is 6.20 Å². The van der Waals surface area contributed by atoms with E-state index < -0.39 is 0 Å². The molecular weight excluding hydrogens is 230 g/mol. The summed E-state index contributed by atoms with van der Waals surface area (Å²) in [6.07, 6.45) is 3.06. The van der Waals surface area contributed by atoms with Gasteiger partial charge >= 0.3 is 0 Å². The van der Waals surface area contributed by atoms with Crippen LogP contribution in [0, 0.1) is 0 Å². The summed E-state index contributed by atoms with van der Waals surface area (Å²) in [6.45, 7) is 1.93. The van der Waals surface area contributed by atoms with E-state index in [0.29, 0.717) is 5.56 Å². The lowest BCUT2D eigenvalue weighted by Crippen LogP contribution is -2.26. The molecule has 2 aromatic rings. The molecule has 2 rings (SSSR count). The average Bonchev–Trinajstić information content (AvgIpc) is 2.92. The van der Waals surface area contributed by atoms with Crippen molar-refractivity contribution < 1.29 is 9.53 Å². The predicted molar refractivity (Wildman–Crippen MR) is 67.5 cm³/mol. The first kappa shape index (κ1) is 12.2. The maximum absolute atomic E-state index is 11.8. The molecule has 1 aromatic carbocycles. The van der Waals surface area contributed by atoms with Crippen LogP contribution in [-0.2, 0) is 0 Å². The standard InChI is InChI=1S/C13H15N3O2/c1-9(10-3-5-12(18-2)6-4-10)16-13(17)11-7-14-15-8-11/h3-9H,1-2H3,(H,14,15)(H,16,17). The molecule has 0 radical (unpaired) electrons. The quantitative estimate of drug-likeness (QED) is 0.864. The highest BCUT2D eigenvalue weighted by Crippen LogP contribution is 2.17. The number of benzene rings is 1. The maximum Gasteiger partial charge on any atom is 0.254 e. The third-order valence-corrected chi connectivity index (χ3v) is 2.72. The van der Waals surface area contributed by atoms with Gasteiger partial charge in [-0.15, -0.1) is 0 Å². The molecular formula is C13H15N3O2. The number of rotatable bonds is 4. The zero-order valence-electron chi connectivity index (χ0n) is 10.3. The van der Waals surface area contributed by atoms with Crippen molar-refractivity contribution in [1.82, 2.24) is 15.5 Å². The molecule has 0 spiro atoms. The van der Waals surface area contributed by atoms with E-state index in [4.69, 9.17) is 4.74 Å². The molecule has 0 aliphatic carbocycles. The van der Waals surface area contributed by atoms with Gasteiger partial charge in [0.1, 0.15) is 5.75 Å². The minimum absolute atomic E-state index is 0.0710. The summed E-state index contributed by atoms with van der Waals surface area (Å²) in [5, 5.41) is 9.25. The topological polar surface area (TPSA) is 67.0 Å². The van der Waals surface area contributed by atoms with Crippen molar-refractivity contribution in [3.63, 3.8) is 0 Å². The van der Waals surface area contributed by atoms with Crippen molar-refractivity contribution in [3.8, 4) is 5.75 Å². The number of H-pyrrole nitrogens is 1. The van der Waals surface area contributed by atoms with Crippen LogP contribution in [0.3, 0.4) is 0 Å². The number of ether oxygens (including phenoxy) is 1. The summed E-state index contributed by atoms with van der Waals surface area (Å²) in [4.78, 5) is 11.8. The molecule has 1 unspecified atom stereocenters. The second kappa shape index (κ2) is 5.35. The lowest BCUT2D eigenvalue weighted by Gasteiger charge is -2.14. The zero-order valence-corrected chi connectivity index (χ0v) is 10.3. The van der Waals surface area contributed by atoms with Gasteiger partial charge in [0.05, 0.1) is 24.9 Å². The van der Waals surface area contributed by atoms with Crippen LogP contribution in [0.1, 0.15) is 28.9 Å². The molecule has 0 fully saturated rings. The van der Waals surface area contributed by atoms with Gasteiger partial charge in [-0.05, 0) is 24.6 Å². The van der Waals surface area contributed by atoms with Crippen LogP contribution in [0.25, 0.3) is 0 Å². The van der Waals surface area contributed by atoms with Gasteiger partial charge < -0.3 is 10.1 Å². The van der Waals surface area contributed by atoms with Crippen LogP contribution in [0.5, 0.6) is 5.75 Å². The Hall–Kier alpha value is -2.30. The highest BCUT2D eigenvalue weighted by molar-refractivity contribution is 5.93. The van der Waals surface area contributed by atoms with Crippen molar-refractivity contribution in [2.24, 2.45) is 0 Å². The Morgan fingerprint density at radius 2 is 2.11 bits per heavy atom. The molecule has 2 N–H and O–H groups in total. The zero-order chi connectivity index (χ0) is 13.0. The van der Waals surface area contributed by atoms with Gasteiger partial charge in [-0.2, -0.15) is 5.10 Å². The number of nitrogens with zero attached hydrogens (tertiary/aromatic N) is 1. The Kier molecular flexibility index (Phi) is 3.62. The Balaban J connectivity index is 2.02. The van der Waals surface area contributed by atoms with E-state index in [1.807, 2.05) is 31.2 Å². The third kappa shape index (κ3) is 2.68. The fourth-order valence-electron chi connectivity index (χ4n) is 1.63. The smallest absolute Gasteiger partial charge is 0.254 e. The molecule has 0 aliphatic heterocycles. The fraction of sp³-hybridized carbons (Fsp3) is 0.231. The first-order chi connectivity index (χ1) is 8.70. The molecule has 94 valence electrons. The van der Waals surface area contributed by atoms with Gasteiger partial charge in [-0.1, -0.05) is 12.1 Å². The highest BCUT2D eigenvalue weighted by atomic mass is 16.5. The van der Waals surface area contributed by atoms with Crippen molar-refractivity contribution >= 4 is 5.91 Å². The molecule has 18 heavy (non-hydrogen) atoms. The number of hydrogen-bond acceptors (Lipinski definition) is 3. The van der Waals surface area contributed by atoms with Gasteiger partial charge in [0.25, 0.3) is 5.91 Å². The van der Waals surface area contributed by atoms with Gasteiger partial charge in [-0.3, -0.25) is 9.89 Å². The fourth-order valence-corrected chi connectivity index (χ4v) is 1.63. The molecule has 1 atom stereocenters. The van der Waals surface area contributed by atoms with E-state index in [2.05, 4.69) is 15.5 Å². The summed E-state index contributed by atoms with van der Waals surface area (Å²) in [6, 6.07) is 7.53. The first-order valence-electron chi connectivity index (χ1n) is 5.64. The van der Waals surface area contributed by atoms with E-state index >= 15 is 0 Å². The minimum Gasteiger partial charge on any atom is -0.497 e. The lowest BCUT2D eigenvalue weighted by molar-refractivity contribution is 0.0940. The normalized spacial score (nSPS) is 11.9. The Bertz CT molecular complexity index is 506. The van der Waals surface area contributed by atoms with Crippen molar-refractivity contribution in [1.29, 1.82) is 0 Å². The van der Waals surface area contributed by atoms with Gasteiger partial charge in [0.2, 0.25) is 0 Å². The minimum atomic E-state index is -0.146. The third-order valence-electron chi connectivity index (χ3n) is 2.72. The molecule has 5 nitrogen and oxygen atoms in total. The first-order valence-corrected chi connectivity index (χ1v) is 5.64. The number of hydrogen-bond donors (Lipinski definition) is 2. The number of carbonyl (C=O) groups excluding carboxylic acids is 1. The summed E-state index contributed by atoms with van der Waals surface area (Å²) in [7, 11) is 1.62. The van der Waals surface area contributed by atoms with Crippen LogP contribution in [-0.4, -0.2) is 23.2 Å². The number of carbonyl (C=O) groups is 1. The average molecular weight is 245 g/mol. The number of amides is 1. The largest absolute Gasteiger partial charge is 0.497 e. The molecule has 1 aromatic heterocycles. The summed E-state index contributed by atoms with van der Waals surface area (Å²) in [5.41, 5.74) is 1.54. The molecule has 0 bridgehead atoms. The van der Waals surface area contributed by atoms with Gasteiger partial charge in [-0.25, -0.2) is 0 Å². The summed E-state index contributed by atoms with van der Waals surface area (Å²) in [5.74, 6) is 0.652. The second-order valence-corrected chi connectivity index (χ2v) is 3.96. The molecule has 0 saturated heterocycles. The second-order valence-electron chi connectivity index (χ2n) is 3.96. The number of aromatic nitrogens is 2.